The maximum atomic E-state index is 12.1. The van der Waals surface area contributed by atoms with E-state index in [0.717, 1.165) is 5.69 Å². The summed E-state index contributed by atoms with van der Waals surface area (Å²) >= 11 is 6.13. The van der Waals surface area contributed by atoms with E-state index in [4.69, 9.17) is 21.1 Å². The van der Waals surface area contributed by atoms with Crippen LogP contribution < -0.4 is 14.4 Å². The highest BCUT2D eigenvalue weighted by Gasteiger charge is 2.27. The number of hydrogen-bond donors (Lipinski definition) is 0. The molecule has 8 heteroatoms. The van der Waals surface area contributed by atoms with Crippen LogP contribution in [0.3, 0.4) is 0 Å². The molecule has 0 atom stereocenters. The fourth-order valence-corrected chi connectivity index (χ4v) is 4.41. The third-order valence-corrected chi connectivity index (χ3v) is 6.26. The molecule has 0 bridgehead atoms. The smallest absolute Gasteiger partial charge is 0.214 e. The normalized spacial score (nSPS) is 16.4. The fourth-order valence-electron chi connectivity index (χ4n) is 2.69. The van der Waals surface area contributed by atoms with Crippen molar-refractivity contribution in [1.29, 1.82) is 0 Å². The monoisotopic (exact) mass is 362 g/mol. The molecule has 0 unspecified atom stereocenters. The first-order valence-electron chi connectivity index (χ1n) is 7.57. The number of piperazine rings is 1. The van der Waals surface area contributed by atoms with Crippen LogP contribution >= 0.6 is 11.6 Å². The first-order chi connectivity index (χ1) is 10.9. The van der Waals surface area contributed by atoms with Gasteiger partial charge in [0.05, 0.1) is 30.7 Å². The van der Waals surface area contributed by atoms with Crippen LogP contribution in [0.5, 0.6) is 11.5 Å². The van der Waals surface area contributed by atoms with Crippen molar-refractivity contribution >= 4 is 27.3 Å². The van der Waals surface area contributed by atoms with Crippen molar-refractivity contribution in [3.63, 3.8) is 0 Å². The maximum absolute atomic E-state index is 12.1. The molecule has 6 nitrogen and oxygen atoms in total. The molecule has 0 aliphatic carbocycles. The molecule has 23 heavy (non-hydrogen) atoms. The molecule has 0 spiro atoms. The van der Waals surface area contributed by atoms with Crippen molar-refractivity contribution in [2.24, 2.45) is 0 Å². The lowest BCUT2D eigenvalue weighted by molar-refractivity contribution is 0.376. The quantitative estimate of drug-likeness (QED) is 0.776. The Bertz CT molecular complexity index is 643. The van der Waals surface area contributed by atoms with Gasteiger partial charge < -0.3 is 14.4 Å². The van der Waals surface area contributed by atoms with Gasteiger partial charge in [0.25, 0.3) is 0 Å². The Labute approximate surface area is 143 Å². The lowest BCUT2D eigenvalue weighted by atomic mass is 10.2. The van der Waals surface area contributed by atoms with Gasteiger partial charge in [-0.05, 0) is 6.42 Å². The second-order valence-corrected chi connectivity index (χ2v) is 7.86. The third-order valence-electron chi connectivity index (χ3n) is 3.89. The van der Waals surface area contributed by atoms with E-state index < -0.39 is 10.0 Å². The van der Waals surface area contributed by atoms with E-state index in [1.807, 2.05) is 13.0 Å². The summed E-state index contributed by atoms with van der Waals surface area (Å²) in [5.74, 6) is 1.43. The number of halogens is 1. The average molecular weight is 363 g/mol. The van der Waals surface area contributed by atoms with Gasteiger partial charge in [0.2, 0.25) is 10.0 Å². The van der Waals surface area contributed by atoms with Crippen LogP contribution in [-0.4, -0.2) is 58.9 Å². The number of methoxy groups -OCH3 is 2. The Morgan fingerprint density at radius 1 is 1.09 bits per heavy atom. The largest absolute Gasteiger partial charge is 0.495 e. The minimum absolute atomic E-state index is 0.199. The molecule has 0 N–H and O–H groups in total. The number of ether oxygens (including phenoxy) is 2. The van der Waals surface area contributed by atoms with Crippen LogP contribution in [0.4, 0.5) is 5.69 Å². The van der Waals surface area contributed by atoms with Gasteiger partial charge in [0.1, 0.15) is 11.5 Å². The highest BCUT2D eigenvalue weighted by atomic mass is 35.5. The second kappa shape index (κ2) is 7.59. The Kier molecular flexibility index (Phi) is 6.00. The SMILES string of the molecule is CCCS(=O)(=O)N1CCN(c2cc(OC)c(Cl)cc2OC)CC1. The van der Waals surface area contributed by atoms with Gasteiger partial charge in [0, 0.05) is 38.3 Å². The van der Waals surface area contributed by atoms with E-state index in [1.165, 1.54) is 0 Å². The average Bonchev–Trinajstić information content (AvgIpc) is 2.54. The molecule has 1 fully saturated rings. The van der Waals surface area contributed by atoms with Crippen molar-refractivity contribution in [2.75, 3.05) is 51.1 Å². The summed E-state index contributed by atoms with van der Waals surface area (Å²) in [6.45, 7) is 4.01. The summed E-state index contributed by atoms with van der Waals surface area (Å²) in [6.07, 6.45) is 0.630. The lowest BCUT2D eigenvalue weighted by Crippen LogP contribution is -2.49. The van der Waals surface area contributed by atoms with Gasteiger partial charge in [-0.3, -0.25) is 0 Å². The zero-order chi connectivity index (χ0) is 17.0. The Morgan fingerprint density at radius 3 is 2.22 bits per heavy atom. The van der Waals surface area contributed by atoms with Crippen LogP contribution in [-0.2, 0) is 10.0 Å². The van der Waals surface area contributed by atoms with Crippen molar-refractivity contribution in [3.8, 4) is 11.5 Å². The fraction of sp³-hybridized carbons (Fsp3) is 0.600. The molecule has 0 radical (unpaired) electrons. The van der Waals surface area contributed by atoms with E-state index >= 15 is 0 Å². The van der Waals surface area contributed by atoms with Gasteiger partial charge in [-0.2, -0.15) is 4.31 Å². The Hall–Kier alpha value is -1.18. The first-order valence-corrected chi connectivity index (χ1v) is 9.56. The van der Waals surface area contributed by atoms with Gasteiger partial charge in [-0.15, -0.1) is 0 Å². The van der Waals surface area contributed by atoms with Crippen LogP contribution in [0.25, 0.3) is 0 Å². The molecule has 0 amide bonds. The molecule has 2 rings (SSSR count). The van der Waals surface area contributed by atoms with Gasteiger partial charge in [-0.1, -0.05) is 18.5 Å². The molecule has 1 saturated heterocycles. The molecular weight excluding hydrogens is 340 g/mol. The van der Waals surface area contributed by atoms with Crippen LogP contribution in [0.2, 0.25) is 5.02 Å². The van der Waals surface area contributed by atoms with E-state index in [2.05, 4.69) is 4.90 Å². The molecule has 1 aromatic carbocycles. The number of hydrogen-bond acceptors (Lipinski definition) is 5. The highest BCUT2D eigenvalue weighted by Crippen LogP contribution is 2.38. The molecule has 130 valence electrons. The van der Waals surface area contributed by atoms with Crippen LogP contribution in [0, 0.1) is 0 Å². The van der Waals surface area contributed by atoms with Gasteiger partial charge in [-0.25, -0.2) is 8.42 Å². The van der Waals surface area contributed by atoms with Crippen molar-refractivity contribution in [2.45, 2.75) is 13.3 Å². The minimum Gasteiger partial charge on any atom is -0.495 e. The van der Waals surface area contributed by atoms with E-state index in [0.29, 0.717) is 49.1 Å². The van der Waals surface area contributed by atoms with Crippen molar-refractivity contribution in [3.05, 3.63) is 17.2 Å². The molecule has 1 aliphatic rings. The van der Waals surface area contributed by atoms with Crippen molar-refractivity contribution in [1.82, 2.24) is 4.31 Å². The summed E-state index contributed by atoms with van der Waals surface area (Å²) in [6, 6.07) is 3.55. The molecular formula is C15H23ClN2O4S. The number of nitrogens with zero attached hydrogens (tertiary/aromatic N) is 2. The Morgan fingerprint density at radius 2 is 1.70 bits per heavy atom. The van der Waals surface area contributed by atoms with Crippen molar-refractivity contribution < 1.29 is 17.9 Å². The van der Waals surface area contributed by atoms with Gasteiger partial charge >= 0.3 is 0 Å². The molecule has 0 aromatic heterocycles. The highest BCUT2D eigenvalue weighted by molar-refractivity contribution is 7.89. The van der Waals surface area contributed by atoms with E-state index in [9.17, 15) is 8.42 Å². The lowest BCUT2D eigenvalue weighted by Gasteiger charge is -2.36. The van der Waals surface area contributed by atoms with E-state index in [-0.39, 0.29) is 5.75 Å². The zero-order valence-corrected chi connectivity index (χ0v) is 15.3. The summed E-state index contributed by atoms with van der Waals surface area (Å²) in [5, 5.41) is 0.484. The minimum atomic E-state index is -3.14. The summed E-state index contributed by atoms with van der Waals surface area (Å²) < 4.78 is 36.5. The molecule has 0 saturated carbocycles. The van der Waals surface area contributed by atoms with Crippen LogP contribution in [0.1, 0.15) is 13.3 Å². The third kappa shape index (κ3) is 4.02. The summed E-state index contributed by atoms with van der Waals surface area (Å²) in [7, 11) is 0.00450. The predicted octanol–water partition coefficient (Wildman–Crippen LogP) is 2.22. The first kappa shape index (κ1) is 18.2. The Balaban J connectivity index is 2.17. The zero-order valence-electron chi connectivity index (χ0n) is 13.7. The summed E-state index contributed by atoms with van der Waals surface area (Å²) in [5.41, 5.74) is 0.862. The van der Waals surface area contributed by atoms with Gasteiger partial charge in [0.15, 0.2) is 0 Å². The number of benzene rings is 1. The molecule has 1 heterocycles. The maximum Gasteiger partial charge on any atom is 0.214 e. The van der Waals surface area contributed by atoms with E-state index in [1.54, 1.807) is 24.6 Å². The number of sulfonamides is 1. The predicted molar refractivity (Wildman–Crippen MR) is 92.4 cm³/mol. The standard InChI is InChI=1S/C15H23ClN2O4S/c1-4-9-23(19,20)18-7-5-17(6-8-18)13-11-14(21-2)12(16)10-15(13)22-3/h10-11H,4-9H2,1-3H3. The molecule has 1 aromatic rings. The second-order valence-electron chi connectivity index (χ2n) is 5.36. The number of rotatable bonds is 6. The van der Waals surface area contributed by atoms with Crippen LogP contribution in [0.15, 0.2) is 12.1 Å². The molecule has 1 aliphatic heterocycles. The number of anilines is 1. The summed E-state index contributed by atoms with van der Waals surface area (Å²) in [4.78, 5) is 2.09. The topological polar surface area (TPSA) is 59.1 Å².